The smallest absolute Gasteiger partial charge is 0.227 e. The lowest BCUT2D eigenvalue weighted by Crippen LogP contribution is -2.26. The van der Waals surface area contributed by atoms with Gasteiger partial charge in [-0.2, -0.15) is 0 Å². The predicted octanol–water partition coefficient (Wildman–Crippen LogP) is 3.98. The monoisotopic (exact) mass is 476 g/mol. The second-order valence-electron chi connectivity index (χ2n) is 8.50. The molecule has 2 aromatic heterocycles. The highest BCUT2D eigenvalue weighted by molar-refractivity contribution is 6.32. The van der Waals surface area contributed by atoms with Gasteiger partial charge in [-0.25, -0.2) is 14.6 Å². The molecule has 0 fully saturated rings. The van der Waals surface area contributed by atoms with Crippen molar-refractivity contribution in [3.05, 3.63) is 71.3 Å². The van der Waals surface area contributed by atoms with Gasteiger partial charge in [0.2, 0.25) is 5.95 Å². The maximum absolute atomic E-state index is 6.37. The molecule has 0 unspecified atom stereocenters. The van der Waals surface area contributed by atoms with Crippen LogP contribution in [0, 0.1) is 0 Å². The number of rotatable bonds is 7. The average Bonchev–Trinajstić information content (AvgIpc) is 3.34. The lowest BCUT2D eigenvalue weighted by atomic mass is 9.99. The molecule has 174 valence electrons. The number of benzene rings is 2. The Bertz CT molecular complexity index is 1260. The molecule has 0 radical (unpaired) electrons. The number of hydrogen-bond acceptors (Lipinski definition) is 8. The van der Waals surface area contributed by atoms with Gasteiger partial charge >= 0.3 is 0 Å². The summed E-state index contributed by atoms with van der Waals surface area (Å²) in [5.41, 5.74) is 5.52. The van der Waals surface area contributed by atoms with Crippen molar-refractivity contribution in [3.63, 3.8) is 0 Å². The van der Waals surface area contributed by atoms with E-state index in [0.29, 0.717) is 23.3 Å². The number of hydrogen-bond donors (Lipinski definition) is 1. The first-order valence-corrected chi connectivity index (χ1v) is 11.5. The van der Waals surface area contributed by atoms with Crippen molar-refractivity contribution in [2.75, 3.05) is 18.9 Å². The quantitative estimate of drug-likeness (QED) is 0.428. The number of tetrazole rings is 1. The van der Waals surface area contributed by atoms with Crippen molar-refractivity contribution in [1.82, 2.24) is 35.1 Å². The molecule has 34 heavy (non-hydrogen) atoms. The lowest BCUT2D eigenvalue weighted by Gasteiger charge is -2.25. The summed E-state index contributed by atoms with van der Waals surface area (Å²) in [6.07, 6.45) is 6.04. The minimum absolute atomic E-state index is 0.171. The molecule has 0 saturated heterocycles. The van der Waals surface area contributed by atoms with Gasteiger partial charge in [-0.3, -0.25) is 0 Å². The highest BCUT2D eigenvalue weighted by atomic mass is 35.5. The molecular weight excluding hydrogens is 452 g/mol. The number of fused-ring (bicyclic) bond motifs is 1. The second-order valence-corrected chi connectivity index (χ2v) is 8.90. The van der Waals surface area contributed by atoms with Crippen LogP contribution in [0.5, 0.6) is 5.75 Å². The largest absolute Gasteiger partial charge is 0.487 e. The van der Waals surface area contributed by atoms with Crippen molar-refractivity contribution in [3.8, 4) is 16.9 Å². The Morgan fingerprint density at radius 2 is 1.94 bits per heavy atom. The van der Waals surface area contributed by atoms with Gasteiger partial charge < -0.3 is 15.0 Å². The van der Waals surface area contributed by atoms with E-state index in [9.17, 15) is 0 Å². The van der Waals surface area contributed by atoms with Crippen molar-refractivity contribution >= 4 is 23.2 Å². The molecule has 0 spiro atoms. The zero-order valence-corrected chi connectivity index (χ0v) is 19.8. The Labute approximate surface area is 202 Å². The van der Waals surface area contributed by atoms with E-state index in [2.05, 4.69) is 61.0 Å². The Morgan fingerprint density at radius 1 is 1.09 bits per heavy atom. The maximum atomic E-state index is 6.37. The molecule has 10 heteroatoms. The van der Waals surface area contributed by atoms with E-state index < -0.39 is 0 Å². The third kappa shape index (κ3) is 5.16. The van der Waals surface area contributed by atoms with Crippen LogP contribution in [-0.2, 0) is 19.5 Å². The molecule has 1 aliphatic rings. The van der Waals surface area contributed by atoms with Crippen LogP contribution in [0.1, 0.15) is 18.1 Å². The molecule has 5 rings (SSSR count). The molecule has 0 saturated carbocycles. The third-order valence-electron chi connectivity index (χ3n) is 5.75. The molecular formula is C24H25ClN8O. The van der Waals surface area contributed by atoms with E-state index in [1.54, 1.807) is 23.4 Å². The molecule has 0 amide bonds. The van der Waals surface area contributed by atoms with Gasteiger partial charge in [0, 0.05) is 36.7 Å². The molecule has 9 nitrogen and oxygen atoms in total. The van der Waals surface area contributed by atoms with Gasteiger partial charge in [0.05, 0.1) is 11.6 Å². The summed E-state index contributed by atoms with van der Waals surface area (Å²) in [5, 5.41) is 15.0. The van der Waals surface area contributed by atoms with Gasteiger partial charge in [0.25, 0.3) is 0 Å². The molecule has 1 aliphatic heterocycles. The lowest BCUT2D eigenvalue weighted by molar-refractivity contribution is 0.193. The fourth-order valence-corrected chi connectivity index (χ4v) is 4.16. The molecule has 0 bridgehead atoms. The summed E-state index contributed by atoms with van der Waals surface area (Å²) in [6.45, 7) is 4.50. The fourth-order valence-electron chi connectivity index (χ4n) is 4.00. The highest BCUT2D eigenvalue weighted by Gasteiger charge is 2.14. The Hall–Kier alpha value is -3.56. The first kappa shape index (κ1) is 22.2. The van der Waals surface area contributed by atoms with Crippen molar-refractivity contribution in [2.45, 2.75) is 32.5 Å². The molecule has 2 aromatic carbocycles. The van der Waals surface area contributed by atoms with Crippen LogP contribution in [0.4, 0.5) is 11.6 Å². The van der Waals surface area contributed by atoms with Gasteiger partial charge in [0.15, 0.2) is 0 Å². The number of nitrogens with zero attached hydrogens (tertiary/aromatic N) is 7. The van der Waals surface area contributed by atoms with Crippen LogP contribution < -0.4 is 10.1 Å². The SMILES string of the molecule is C[C@@H](Cn1cnnn1)Oc1cc(-c2cnc(Nc3ccc4c(c3)CN(C)CC4)nc2)ccc1Cl. The molecule has 3 heterocycles. The van der Waals surface area contributed by atoms with E-state index >= 15 is 0 Å². The summed E-state index contributed by atoms with van der Waals surface area (Å²) in [4.78, 5) is 11.3. The van der Waals surface area contributed by atoms with Crippen LogP contribution in [0.15, 0.2) is 55.1 Å². The minimum atomic E-state index is -0.171. The minimum Gasteiger partial charge on any atom is -0.487 e. The van der Waals surface area contributed by atoms with Gasteiger partial charge in [-0.05, 0) is 71.8 Å². The number of aromatic nitrogens is 6. The van der Waals surface area contributed by atoms with Crippen molar-refractivity contribution < 1.29 is 4.74 Å². The topological polar surface area (TPSA) is 93.9 Å². The first-order valence-electron chi connectivity index (χ1n) is 11.1. The first-order chi connectivity index (χ1) is 16.5. The van der Waals surface area contributed by atoms with Gasteiger partial charge in [0.1, 0.15) is 18.2 Å². The summed E-state index contributed by atoms with van der Waals surface area (Å²) >= 11 is 6.37. The molecule has 0 aliphatic carbocycles. The van der Waals surface area contributed by atoms with E-state index in [-0.39, 0.29) is 6.10 Å². The predicted molar refractivity (Wildman–Crippen MR) is 130 cm³/mol. The average molecular weight is 477 g/mol. The summed E-state index contributed by atoms with van der Waals surface area (Å²) in [5.74, 6) is 1.13. The van der Waals surface area contributed by atoms with Crippen LogP contribution in [0.3, 0.4) is 0 Å². The zero-order valence-electron chi connectivity index (χ0n) is 19.0. The number of anilines is 2. The fraction of sp³-hybridized carbons (Fsp3) is 0.292. The number of likely N-dealkylation sites (N-methyl/N-ethyl adjacent to an activating group) is 1. The van der Waals surface area contributed by atoms with Crippen LogP contribution in [0.2, 0.25) is 5.02 Å². The van der Waals surface area contributed by atoms with Crippen LogP contribution in [-0.4, -0.2) is 54.8 Å². The van der Waals surface area contributed by atoms with E-state index in [4.69, 9.17) is 16.3 Å². The van der Waals surface area contributed by atoms with Gasteiger partial charge in [-0.15, -0.1) is 5.10 Å². The Kier molecular flexibility index (Phi) is 6.37. The summed E-state index contributed by atoms with van der Waals surface area (Å²) in [6, 6.07) is 12.1. The standard InChI is InChI=1S/C24H25ClN8O/c1-16(13-33-15-28-30-31-33)34-23-10-18(4-6-22(23)25)20-11-26-24(27-12-20)29-21-5-3-17-7-8-32(2)14-19(17)9-21/h3-6,9-12,15-16H,7-8,13-14H2,1-2H3,(H,26,27,29)/t16-/m0/s1. The van der Waals surface area contributed by atoms with Crippen molar-refractivity contribution in [2.24, 2.45) is 0 Å². The third-order valence-corrected chi connectivity index (χ3v) is 6.06. The Balaban J connectivity index is 1.28. The van der Waals surface area contributed by atoms with E-state index in [0.717, 1.165) is 36.3 Å². The normalized spacial score (nSPS) is 14.4. The van der Waals surface area contributed by atoms with Crippen LogP contribution in [0.25, 0.3) is 11.1 Å². The Morgan fingerprint density at radius 3 is 2.74 bits per heavy atom. The second kappa shape index (κ2) is 9.74. The van der Waals surface area contributed by atoms with E-state index in [1.165, 1.54) is 11.1 Å². The van der Waals surface area contributed by atoms with E-state index in [1.807, 2.05) is 25.1 Å². The molecule has 4 aromatic rings. The molecule has 1 atom stereocenters. The number of ether oxygens (including phenoxy) is 1. The van der Waals surface area contributed by atoms with Crippen LogP contribution >= 0.6 is 11.6 Å². The summed E-state index contributed by atoms with van der Waals surface area (Å²) in [7, 11) is 2.15. The van der Waals surface area contributed by atoms with Gasteiger partial charge in [-0.1, -0.05) is 23.7 Å². The number of nitrogens with one attached hydrogen (secondary N) is 1. The number of halogens is 1. The highest BCUT2D eigenvalue weighted by Crippen LogP contribution is 2.31. The maximum Gasteiger partial charge on any atom is 0.227 e. The zero-order chi connectivity index (χ0) is 23.5. The molecule has 1 N–H and O–H groups in total. The van der Waals surface area contributed by atoms with Crippen molar-refractivity contribution in [1.29, 1.82) is 0 Å². The summed E-state index contributed by atoms with van der Waals surface area (Å²) < 4.78 is 7.65.